The molecule has 0 saturated carbocycles. The van der Waals surface area contributed by atoms with Crippen LogP contribution in [-0.4, -0.2) is 47.4 Å². The Hall–Kier alpha value is -1.92. The summed E-state index contributed by atoms with van der Waals surface area (Å²) in [6.45, 7) is 8.71. The third kappa shape index (κ3) is 3.94. The SMILES string of the molecule is CCc1csc(Nc2cccc(CN3CCN(C=O)CC3)c2C)n1. The second-order valence-corrected chi connectivity index (χ2v) is 6.99. The van der Waals surface area contributed by atoms with Crippen LogP contribution in [0.25, 0.3) is 0 Å². The molecule has 1 aliphatic heterocycles. The number of nitrogens with zero attached hydrogens (tertiary/aromatic N) is 3. The number of rotatable bonds is 6. The van der Waals surface area contributed by atoms with Crippen LogP contribution in [0.4, 0.5) is 10.8 Å². The zero-order chi connectivity index (χ0) is 16.9. The van der Waals surface area contributed by atoms with E-state index in [9.17, 15) is 4.79 Å². The molecule has 24 heavy (non-hydrogen) atoms. The summed E-state index contributed by atoms with van der Waals surface area (Å²) in [5.41, 5.74) is 4.84. The van der Waals surface area contributed by atoms with Crippen molar-refractivity contribution < 1.29 is 4.79 Å². The van der Waals surface area contributed by atoms with Crippen LogP contribution in [0.5, 0.6) is 0 Å². The van der Waals surface area contributed by atoms with Gasteiger partial charge in [-0.2, -0.15) is 0 Å². The molecule has 3 rings (SSSR count). The molecule has 128 valence electrons. The highest BCUT2D eigenvalue weighted by Crippen LogP contribution is 2.26. The van der Waals surface area contributed by atoms with Gasteiger partial charge in [-0.1, -0.05) is 19.1 Å². The summed E-state index contributed by atoms with van der Waals surface area (Å²) in [6.07, 6.45) is 1.91. The topological polar surface area (TPSA) is 48.5 Å². The first-order chi connectivity index (χ1) is 11.7. The Morgan fingerprint density at radius 2 is 2.08 bits per heavy atom. The standard InChI is InChI=1S/C18H24N4OS/c1-3-16-12-24-18(19-16)20-17-6-4-5-15(14(17)2)11-21-7-9-22(13-23)10-8-21/h4-6,12-13H,3,7-11H2,1-2H3,(H,19,20). The number of amides is 1. The molecular weight excluding hydrogens is 320 g/mol. The Kier molecular flexibility index (Phi) is 5.48. The lowest BCUT2D eigenvalue weighted by Crippen LogP contribution is -2.45. The van der Waals surface area contributed by atoms with Crippen molar-refractivity contribution in [3.05, 3.63) is 40.4 Å². The van der Waals surface area contributed by atoms with Crippen LogP contribution in [0.15, 0.2) is 23.6 Å². The number of thiazole rings is 1. The zero-order valence-electron chi connectivity index (χ0n) is 14.3. The molecule has 1 saturated heterocycles. The van der Waals surface area contributed by atoms with Crippen molar-refractivity contribution in [1.82, 2.24) is 14.8 Å². The molecule has 0 bridgehead atoms. The van der Waals surface area contributed by atoms with Crippen molar-refractivity contribution in [2.75, 3.05) is 31.5 Å². The molecule has 6 heteroatoms. The first-order valence-electron chi connectivity index (χ1n) is 8.41. The van der Waals surface area contributed by atoms with E-state index in [1.54, 1.807) is 11.3 Å². The van der Waals surface area contributed by atoms with E-state index in [2.05, 4.69) is 52.6 Å². The maximum atomic E-state index is 10.8. The van der Waals surface area contributed by atoms with Crippen molar-refractivity contribution in [3.8, 4) is 0 Å². The predicted molar refractivity (Wildman–Crippen MR) is 98.9 cm³/mol. The van der Waals surface area contributed by atoms with Gasteiger partial charge in [0.1, 0.15) is 0 Å². The van der Waals surface area contributed by atoms with Gasteiger partial charge in [0.05, 0.1) is 5.69 Å². The van der Waals surface area contributed by atoms with E-state index in [1.165, 1.54) is 11.1 Å². The highest BCUT2D eigenvalue weighted by Gasteiger charge is 2.16. The Balaban J connectivity index is 1.68. The van der Waals surface area contributed by atoms with Gasteiger partial charge in [0.25, 0.3) is 0 Å². The molecule has 1 aromatic heterocycles. The van der Waals surface area contributed by atoms with Crippen LogP contribution in [0.1, 0.15) is 23.7 Å². The molecule has 1 N–H and O–H groups in total. The van der Waals surface area contributed by atoms with Gasteiger partial charge in [0.2, 0.25) is 6.41 Å². The summed E-state index contributed by atoms with van der Waals surface area (Å²) in [5, 5.41) is 6.51. The Labute approximate surface area is 147 Å². The monoisotopic (exact) mass is 344 g/mol. The highest BCUT2D eigenvalue weighted by molar-refractivity contribution is 7.13. The molecule has 1 amide bonds. The van der Waals surface area contributed by atoms with Gasteiger partial charge in [-0.25, -0.2) is 4.98 Å². The van der Waals surface area contributed by atoms with E-state index in [0.717, 1.165) is 62.1 Å². The minimum absolute atomic E-state index is 0.819. The summed E-state index contributed by atoms with van der Waals surface area (Å²) in [4.78, 5) is 19.7. The number of carbonyl (C=O) groups is 1. The van der Waals surface area contributed by atoms with E-state index in [4.69, 9.17) is 0 Å². The average molecular weight is 344 g/mol. The van der Waals surface area contributed by atoms with Crippen molar-refractivity contribution in [3.63, 3.8) is 0 Å². The molecule has 1 fully saturated rings. The predicted octanol–water partition coefficient (Wildman–Crippen LogP) is 3.03. The Morgan fingerprint density at radius 1 is 1.29 bits per heavy atom. The van der Waals surface area contributed by atoms with Crippen LogP contribution in [-0.2, 0) is 17.8 Å². The number of anilines is 2. The Bertz CT molecular complexity index is 692. The first kappa shape index (κ1) is 16.9. The zero-order valence-corrected chi connectivity index (χ0v) is 15.1. The van der Waals surface area contributed by atoms with Gasteiger partial charge in [-0.3, -0.25) is 9.69 Å². The summed E-state index contributed by atoms with van der Waals surface area (Å²) >= 11 is 1.65. The van der Waals surface area contributed by atoms with Gasteiger partial charge in [0.15, 0.2) is 5.13 Å². The number of aromatic nitrogens is 1. The molecule has 0 atom stereocenters. The van der Waals surface area contributed by atoms with Gasteiger partial charge in [-0.05, 0) is 30.5 Å². The fraction of sp³-hybridized carbons (Fsp3) is 0.444. The molecule has 0 unspecified atom stereocenters. The fourth-order valence-electron chi connectivity index (χ4n) is 2.90. The van der Waals surface area contributed by atoms with Crippen LogP contribution >= 0.6 is 11.3 Å². The van der Waals surface area contributed by atoms with E-state index in [1.807, 2.05) is 4.90 Å². The van der Waals surface area contributed by atoms with Gasteiger partial charge < -0.3 is 10.2 Å². The molecule has 2 heterocycles. The number of hydrogen-bond donors (Lipinski definition) is 1. The van der Waals surface area contributed by atoms with Gasteiger partial charge >= 0.3 is 0 Å². The molecule has 0 radical (unpaired) electrons. The highest BCUT2D eigenvalue weighted by atomic mass is 32.1. The number of hydrogen-bond acceptors (Lipinski definition) is 5. The van der Waals surface area contributed by atoms with Gasteiger partial charge in [-0.15, -0.1) is 11.3 Å². The molecule has 0 aliphatic carbocycles. The minimum Gasteiger partial charge on any atom is -0.343 e. The number of aryl methyl sites for hydroxylation is 1. The summed E-state index contributed by atoms with van der Waals surface area (Å²) < 4.78 is 0. The normalized spacial score (nSPS) is 15.5. The lowest BCUT2D eigenvalue weighted by molar-refractivity contribution is -0.119. The van der Waals surface area contributed by atoms with E-state index in [-0.39, 0.29) is 0 Å². The second kappa shape index (κ2) is 7.77. The maximum Gasteiger partial charge on any atom is 0.209 e. The molecule has 5 nitrogen and oxygen atoms in total. The minimum atomic E-state index is 0.819. The third-order valence-electron chi connectivity index (χ3n) is 4.55. The summed E-state index contributed by atoms with van der Waals surface area (Å²) in [6, 6.07) is 6.39. The third-order valence-corrected chi connectivity index (χ3v) is 5.36. The van der Waals surface area contributed by atoms with Crippen LogP contribution in [0, 0.1) is 6.92 Å². The quantitative estimate of drug-likeness (QED) is 0.819. The lowest BCUT2D eigenvalue weighted by Gasteiger charge is -2.32. The van der Waals surface area contributed by atoms with Gasteiger partial charge in [0, 0.05) is 43.8 Å². The van der Waals surface area contributed by atoms with E-state index in [0.29, 0.717) is 0 Å². The second-order valence-electron chi connectivity index (χ2n) is 6.13. The largest absolute Gasteiger partial charge is 0.343 e. The summed E-state index contributed by atoms with van der Waals surface area (Å²) in [7, 11) is 0. The number of carbonyl (C=O) groups excluding carboxylic acids is 1. The number of benzene rings is 1. The van der Waals surface area contributed by atoms with Crippen LogP contribution in [0.3, 0.4) is 0 Å². The maximum absolute atomic E-state index is 10.8. The fourth-order valence-corrected chi connectivity index (χ4v) is 3.71. The average Bonchev–Trinajstić information content (AvgIpc) is 3.07. The van der Waals surface area contributed by atoms with Crippen molar-refractivity contribution in [2.24, 2.45) is 0 Å². The van der Waals surface area contributed by atoms with Crippen LogP contribution < -0.4 is 5.32 Å². The molecule has 1 aromatic carbocycles. The van der Waals surface area contributed by atoms with E-state index >= 15 is 0 Å². The smallest absolute Gasteiger partial charge is 0.209 e. The van der Waals surface area contributed by atoms with Crippen LogP contribution in [0.2, 0.25) is 0 Å². The van der Waals surface area contributed by atoms with Crippen molar-refractivity contribution in [2.45, 2.75) is 26.8 Å². The number of nitrogens with one attached hydrogen (secondary N) is 1. The van der Waals surface area contributed by atoms with Crippen molar-refractivity contribution in [1.29, 1.82) is 0 Å². The number of piperazine rings is 1. The lowest BCUT2D eigenvalue weighted by atomic mass is 10.1. The van der Waals surface area contributed by atoms with E-state index < -0.39 is 0 Å². The molecule has 1 aliphatic rings. The molecule has 2 aromatic rings. The first-order valence-corrected chi connectivity index (χ1v) is 9.29. The summed E-state index contributed by atoms with van der Waals surface area (Å²) in [5.74, 6) is 0. The Morgan fingerprint density at radius 3 is 2.75 bits per heavy atom. The molecule has 0 spiro atoms. The molecular formula is C18H24N4OS. The van der Waals surface area contributed by atoms with Crippen molar-refractivity contribution >= 4 is 28.6 Å².